The van der Waals surface area contributed by atoms with Crippen molar-refractivity contribution in [1.29, 1.82) is 0 Å². The first-order valence-electron chi connectivity index (χ1n) is 9.20. The van der Waals surface area contributed by atoms with Crippen molar-refractivity contribution < 1.29 is 19.1 Å². The lowest BCUT2D eigenvalue weighted by molar-refractivity contribution is -0.119. The minimum atomic E-state index is -0.389. The summed E-state index contributed by atoms with van der Waals surface area (Å²) in [7, 11) is 1.36. The zero-order valence-electron chi connectivity index (χ0n) is 15.9. The molecule has 0 saturated carbocycles. The Balaban J connectivity index is 1.46. The number of esters is 1. The Morgan fingerprint density at radius 1 is 1.24 bits per heavy atom. The molecule has 0 fully saturated rings. The smallest absolute Gasteiger partial charge is 0.341 e. The van der Waals surface area contributed by atoms with Crippen LogP contribution in [0.25, 0.3) is 0 Å². The summed E-state index contributed by atoms with van der Waals surface area (Å²) in [4.78, 5) is 25.4. The third-order valence-electron chi connectivity index (χ3n) is 4.42. The summed E-state index contributed by atoms with van der Waals surface area (Å²) in [6, 6.07) is 7.05. The van der Waals surface area contributed by atoms with E-state index in [-0.39, 0.29) is 23.4 Å². The van der Waals surface area contributed by atoms with Gasteiger partial charge >= 0.3 is 5.97 Å². The van der Waals surface area contributed by atoms with Crippen LogP contribution in [0.1, 0.15) is 40.1 Å². The average molecular weight is 453 g/mol. The maximum absolute atomic E-state index is 12.2. The largest absolute Gasteiger partial charge is 0.494 e. The maximum atomic E-state index is 12.2. The number of nitrogens with one attached hydrogen (secondary N) is 2. The van der Waals surface area contributed by atoms with E-state index in [1.165, 1.54) is 23.3 Å². The molecule has 1 aliphatic rings. The van der Waals surface area contributed by atoms with E-state index in [0.29, 0.717) is 34.4 Å². The number of carbonyl (C=O) groups excluding carboxylic acids is 2. The van der Waals surface area contributed by atoms with Crippen molar-refractivity contribution in [2.45, 2.75) is 32.1 Å². The molecule has 29 heavy (non-hydrogen) atoms. The van der Waals surface area contributed by atoms with Gasteiger partial charge in [-0.1, -0.05) is 11.6 Å². The zero-order valence-corrected chi connectivity index (χ0v) is 18.3. The number of ether oxygens (including phenoxy) is 2. The third kappa shape index (κ3) is 5.68. The number of halogens is 1. The van der Waals surface area contributed by atoms with Gasteiger partial charge in [0.25, 0.3) is 0 Å². The fourth-order valence-corrected chi connectivity index (χ4v) is 4.78. The Morgan fingerprint density at radius 2 is 2.00 bits per heavy atom. The summed E-state index contributed by atoms with van der Waals surface area (Å²) in [6.45, 7) is 0.402. The van der Waals surface area contributed by atoms with E-state index >= 15 is 0 Å². The molecule has 6 nitrogen and oxygen atoms in total. The number of thiocarbonyl (C=S) groups is 1. The van der Waals surface area contributed by atoms with Crippen molar-refractivity contribution in [3.05, 3.63) is 45.3 Å². The lowest BCUT2D eigenvalue weighted by atomic mass is 10.1. The van der Waals surface area contributed by atoms with Gasteiger partial charge in [0, 0.05) is 16.3 Å². The predicted octanol–water partition coefficient (Wildman–Crippen LogP) is 4.35. The second-order valence-electron chi connectivity index (χ2n) is 6.46. The number of rotatable bonds is 7. The van der Waals surface area contributed by atoms with Gasteiger partial charge in [0.05, 0.1) is 19.3 Å². The van der Waals surface area contributed by atoms with E-state index in [9.17, 15) is 9.59 Å². The first-order chi connectivity index (χ1) is 14.0. The van der Waals surface area contributed by atoms with E-state index < -0.39 is 0 Å². The molecule has 1 aliphatic carbocycles. The number of benzene rings is 1. The summed E-state index contributed by atoms with van der Waals surface area (Å²) in [6.07, 6.45) is 3.63. The van der Waals surface area contributed by atoms with Crippen LogP contribution in [0.4, 0.5) is 5.00 Å². The van der Waals surface area contributed by atoms with Crippen LogP contribution in [0.15, 0.2) is 24.3 Å². The second kappa shape index (κ2) is 10.0. The third-order valence-corrected chi connectivity index (χ3v) is 6.08. The molecule has 2 aromatic rings. The summed E-state index contributed by atoms with van der Waals surface area (Å²) in [5.74, 6) is 0.0966. The Morgan fingerprint density at radius 3 is 2.72 bits per heavy atom. The van der Waals surface area contributed by atoms with Gasteiger partial charge in [-0.15, -0.1) is 11.3 Å². The lowest BCUT2D eigenvalue weighted by Gasteiger charge is -2.10. The van der Waals surface area contributed by atoms with Crippen molar-refractivity contribution in [1.82, 2.24) is 5.32 Å². The zero-order chi connectivity index (χ0) is 20.8. The highest BCUT2D eigenvalue weighted by Crippen LogP contribution is 2.39. The van der Waals surface area contributed by atoms with Gasteiger partial charge in [0.1, 0.15) is 10.8 Å². The highest BCUT2D eigenvalue weighted by Gasteiger charge is 2.27. The number of carbonyl (C=O) groups is 2. The molecule has 0 aliphatic heterocycles. The van der Waals surface area contributed by atoms with Gasteiger partial charge in [0.2, 0.25) is 5.91 Å². The number of amides is 1. The topological polar surface area (TPSA) is 76.7 Å². The fraction of sp³-hybridized carbons (Fsp3) is 0.350. The quantitative estimate of drug-likeness (QED) is 0.369. The van der Waals surface area contributed by atoms with Gasteiger partial charge in [-0.2, -0.15) is 0 Å². The van der Waals surface area contributed by atoms with Crippen LogP contribution in [0.5, 0.6) is 5.75 Å². The first-order valence-corrected chi connectivity index (χ1v) is 10.8. The molecule has 0 unspecified atom stereocenters. The molecule has 1 aromatic heterocycles. The van der Waals surface area contributed by atoms with Crippen molar-refractivity contribution in [2.75, 3.05) is 19.0 Å². The van der Waals surface area contributed by atoms with E-state index in [4.69, 9.17) is 33.3 Å². The highest BCUT2D eigenvalue weighted by molar-refractivity contribution is 7.80. The van der Waals surface area contributed by atoms with Gasteiger partial charge in [0.15, 0.2) is 5.11 Å². The summed E-state index contributed by atoms with van der Waals surface area (Å²) < 4.78 is 10.5. The van der Waals surface area contributed by atoms with Crippen LogP contribution in [0.2, 0.25) is 5.02 Å². The van der Waals surface area contributed by atoms with Gasteiger partial charge in [-0.3, -0.25) is 4.79 Å². The van der Waals surface area contributed by atoms with E-state index in [0.717, 1.165) is 24.8 Å². The van der Waals surface area contributed by atoms with Gasteiger partial charge in [-0.25, -0.2) is 4.79 Å². The first kappa shape index (κ1) is 21.5. The number of methoxy groups -OCH3 is 1. The van der Waals surface area contributed by atoms with Crippen LogP contribution in [-0.4, -0.2) is 30.7 Å². The molecule has 1 heterocycles. The van der Waals surface area contributed by atoms with Crippen LogP contribution in [-0.2, 0) is 22.4 Å². The second-order valence-corrected chi connectivity index (χ2v) is 8.41. The van der Waals surface area contributed by atoms with E-state index in [2.05, 4.69) is 10.6 Å². The molecule has 0 saturated heterocycles. The SMILES string of the molecule is COC(=O)c1c(NC(=S)NC(=O)CCCOc2ccc(Cl)cc2)sc2c1CCC2. The Labute approximate surface area is 183 Å². The number of anilines is 1. The molecule has 0 spiro atoms. The molecule has 9 heteroatoms. The standard InChI is InChI=1S/C20H21ClN2O4S2/c1-26-19(25)17-14-4-2-5-15(14)29-18(17)23-20(28)22-16(24)6-3-11-27-13-9-7-12(21)8-10-13/h7-10H,2-6,11H2,1H3,(H2,22,23,24,28). The molecular weight excluding hydrogens is 432 g/mol. The van der Waals surface area contributed by atoms with Crippen molar-refractivity contribution >= 4 is 57.1 Å². The molecule has 1 aromatic carbocycles. The minimum Gasteiger partial charge on any atom is -0.494 e. The molecule has 154 valence electrons. The fourth-order valence-electron chi connectivity index (χ4n) is 3.09. The molecule has 0 bridgehead atoms. The maximum Gasteiger partial charge on any atom is 0.341 e. The van der Waals surface area contributed by atoms with Crippen LogP contribution in [0.3, 0.4) is 0 Å². The summed E-state index contributed by atoms with van der Waals surface area (Å²) in [5, 5.41) is 7.06. The Bertz CT molecular complexity index is 912. The van der Waals surface area contributed by atoms with Crippen molar-refractivity contribution in [3.63, 3.8) is 0 Å². The number of hydrogen-bond acceptors (Lipinski definition) is 6. The van der Waals surface area contributed by atoms with Gasteiger partial charge in [-0.05, 0) is 67.7 Å². The van der Waals surface area contributed by atoms with Crippen molar-refractivity contribution in [2.24, 2.45) is 0 Å². The average Bonchev–Trinajstić information content (AvgIpc) is 3.26. The summed E-state index contributed by atoms with van der Waals surface area (Å²) >= 11 is 12.6. The molecule has 1 amide bonds. The normalized spacial score (nSPS) is 12.2. The monoisotopic (exact) mass is 452 g/mol. The highest BCUT2D eigenvalue weighted by atomic mass is 35.5. The van der Waals surface area contributed by atoms with Gasteiger partial charge < -0.3 is 20.1 Å². The summed E-state index contributed by atoms with van der Waals surface area (Å²) in [5.41, 5.74) is 1.55. The number of thiophene rings is 1. The number of fused-ring (bicyclic) bond motifs is 1. The predicted molar refractivity (Wildman–Crippen MR) is 118 cm³/mol. The molecule has 3 rings (SSSR count). The number of hydrogen-bond donors (Lipinski definition) is 2. The Hall–Kier alpha value is -2.16. The molecule has 2 N–H and O–H groups in total. The molecular formula is C20H21ClN2O4S2. The lowest BCUT2D eigenvalue weighted by Crippen LogP contribution is -2.34. The van der Waals surface area contributed by atoms with E-state index in [1.54, 1.807) is 24.3 Å². The molecule has 0 radical (unpaired) electrons. The van der Waals surface area contributed by atoms with Crippen LogP contribution >= 0.6 is 35.2 Å². The number of aryl methyl sites for hydroxylation is 1. The Kier molecular flexibility index (Phi) is 7.46. The molecule has 0 atom stereocenters. The van der Waals surface area contributed by atoms with Crippen LogP contribution in [0, 0.1) is 0 Å². The van der Waals surface area contributed by atoms with E-state index in [1.807, 2.05) is 0 Å². The van der Waals surface area contributed by atoms with Crippen molar-refractivity contribution in [3.8, 4) is 5.75 Å². The van der Waals surface area contributed by atoms with Crippen LogP contribution < -0.4 is 15.4 Å². The minimum absolute atomic E-state index is 0.165.